The van der Waals surface area contributed by atoms with Crippen LogP contribution in [0.25, 0.3) is 0 Å². The topological polar surface area (TPSA) is 109 Å². The first-order valence-corrected chi connectivity index (χ1v) is 10.1. The van der Waals surface area contributed by atoms with E-state index in [-0.39, 0.29) is 0 Å². The Balaban J connectivity index is 2.28. The van der Waals surface area contributed by atoms with Gasteiger partial charge >= 0.3 is 0 Å². The summed E-state index contributed by atoms with van der Waals surface area (Å²) in [5.41, 5.74) is 1.37. The van der Waals surface area contributed by atoms with Crippen molar-refractivity contribution in [2.45, 2.75) is 37.9 Å². The number of allylic oxidation sites excluding steroid dienone is 1. The molecule has 0 amide bonds. The third-order valence-electron chi connectivity index (χ3n) is 3.58. The van der Waals surface area contributed by atoms with E-state index >= 15 is 0 Å². The molecule has 0 fully saturated rings. The number of aliphatic hydroxyl groups is 1. The van der Waals surface area contributed by atoms with Crippen LogP contribution in [0.3, 0.4) is 0 Å². The van der Waals surface area contributed by atoms with Crippen molar-refractivity contribution in [1.29, 1.82) is 0 Å². The highest BCUT2D eigenvalue weighted by molar-refractivity contribution is 9.12. The van der Waals surface area contributed by atoms with E-state index in [1.165, 1.54) is 0 Å². The first-order valence-electron chi connectivity index (χ1n) is 7.74. The van der Waals surface area contributed by atoms with Crippen LogP contribution in [0, 0.1) is 6.92 Å². The maximum absolute atomic E-state index is 11.6. The lowest BCUT2D eigenvalue weighted by molar-refractivity contribution is 0.0172. The summed E-state index contributed by atoms with van der Waals surface area (Å²) < 4.78 is 17.8. The van der Waals surface area contributed by atoms with E-state index in [2.05, 4.69) is 31.2 Å². The van der Waals surface area contributed by atoms with Crippen LogP contribution in [0.2, 0.25) is 5.02 Å². The molecule has 1 unspecified atom stereocenters. The number of anilines is 1. The van der Waals surface area contributed by atoms with Crippen molar-refractivity contribution < 1.29 is 14.1 Å². The number of halogens is 2. The maximum atomic E-state index is 11.6. The van der Waals surface area contributed by atoms with Crippen molar-refractivity contribution in [3.63, 3.8) is 0 Å². The minimum Gasteiger partial charge on any atom is -0.471 e. The summed E-state index contributed by atoms with van der Waals surface area (Å²) in [4.78, 5) is 9.10. The van der Waals surface area contributed by atoms with E-state index < -0.39 is 23.2 Å². The summed E-state index contributed by atoms with van der Waals surface area (Å²) in [6.45, 7) is 5.46. The quantitative estimate of drug-likeness (QED) is 0.623. The lowest BCUT2D eigenvalue weighted by Crippen LogP contribution is -2.23. The molecule has 1 heterocycles. The van der Waals surface area contributed by atoms with Crippen LogP contribution in [-0.2, 0) is 15.7 Å². The molecule has 7 nitrogen and oxygen atoms in total. The number of nitrogens with two attached hydrogens (primary N) is 1. The lowest BCUT2D eigenvalue weighted by Gasteiger charge is -2.18. The van der Waals surface area contributed by atoms with Gasteiger partial charge in [0.25, 0.3) is 0 Å². The van der Waals surface area contributed by atoms with Crippen LogP contribution >= 0.6 is 27.5 Å². The zero-order valence-electron chi connectivity index (χ0n) is 14.5. The first-order chi connectivity index (χ1) is 12.2. The van der Waals surface area contributed by atoms with Crippen LogP contribution in [0.15, 0.2) is 37.4 Å². The third kappa shape index (κ3) is 5.37. The number of hydrogen-bond acceptors (Lipinski definition) is 6. The fourth-order valence-corrected chi connectivity index (χ4v) is 3.58. The standard InChI is InChI=1S/C16H20BrClN4O3S/c1-8-4-11(5-13(18)15(8)26(19)24)21-14-7-20-6-12(17)16(22-14)25-10(3)9(2)23/h4-6,9-10,23H,7,19H2,1-3H3,(H,21,22)/t9-,10-,26?/m1/s1. The molecule has 26 heavy (non-hydrogen) atoms. The summed E-state index contributed by atoms with van der Waals surface area (Å²) in [6.07, 6.45) is 0.506. The predicted molar refractivity (Wildman–Crippen MR) is 109 cm³/mol. The van der Waals surface area contributed by atoms with Crippen LogP contribution in [-0.4, -0.2) is 40.1 Å². The largest absolute Gasteiger partial charge is 0.471 e. The summed E-state index contributed by atoms with van der Waals surface area (Å²) in [5.74, 6) is 0.838. The van der Waals surface area contributed by atoms with Gasteiger partial charge in [0, 0.05) is 11.9 Å². The molecule has 2 rings (SSSR count). The number of nitrogens with zero attached hydrogens (tertiary/aromatic N) is 2. The first kappa shape index (κ1) is 21.0. The van der Waals surface area contributed by atoms with Crippen molar-refractivity contribution >= 4 is 56.3 Å². The summed E-state index contributed by atoms with van der Waals surface area (Å²) in [5, 5.41) is 18.5. The molecule has 1 aliphatic heterocycles. The fraction of sp³-hybridized carbons (Fsp3) is 0.375. The van der Waals surface area contributed by atoms with Crippen LogP contribution in [0.5, 0.6) is 0 Å². The Morgan fingerprint density at radius 3 is 2.73 bits per heavy atom. The molecule has 0 saturated heterocycles. The Kier molecular flexibility index (Phi) is 7.36. The van der Waals surface area contributed by atoms with E-state index in [4.69, 9.17) is 21.5 Å². The van der Waals surface area contributed by atoms with E-state index in [0.29, 0.717) is 43.9 Å². The van der Waals surface area contributed by atoms with Crippen molar-refractivity contribution in [3.05, 3.63) is 33.1 Å². The molecule has 0 aliphatic carbocycles. The SMILES string of the molecule is Cc1cc(NC2=NC(O[C@H](C)[C@@H](C)O)=C(Br)C=NC2)cc(Cl)c1S(N)=O. The number of aliphatic imine (C=N–C) groups is 2. The molecule has 0 saturated carbocycles. The number of aryl methyl sites for hydroxylation is 1. The Hall–Kier alpha value is -1.26. The molecule has 0 radical (unpaired) electrons. The van der Waals surface area contributed by atoms with Crippen LogP contribution in [0.1, 0.15) is 19.4 Å². The maximum Gasteiger partial charge on any atom is 0.231 e. The van der Waals surface area contributed by atoms with Gasteiger partial charge in [0.2, 0.25) is 5.88 Å². The highest BCUT2D eigenvalue weighted by atomic mass is 79.9. The number of benzene rings is 1. The minimum atomic E-state index is -1.66. The lowest BCUT2D eigenvalue weighted by atomic mass is 10.2. The zero-order chi connectivity index (χ0) is 19.4. The fourth-order valence-electron chi connectivity index (χ4n) is 2.13. The van der Waals surface area contributed by atoms with Crippen LogP contribution in [0.4, 0.5) is 5.69 Å². The highest BCUT2D eigenvalue weighted by Crippen LogP contribution is 2.27. The monoisotopic (exact) mass is 462 g/mol. The zero-order valence-corrected chi connectivity index (χ0v) is 17.7. The molecule has 0 bridgehead atoms. The summed E-state index contributed by atoms with van der Waals surface area (Å²) in [7, 11) is -1.66. The molecule has 4 N–H and O–H groups in total. The van der Waals surface area contributed by atoms with Gasteiger partial charge in [-0.25, -0.2) is 9.35 Å². The van der Waals surface area contributed by atoms with E-state index in [9.17, 15) is 9.32 Å². The highest BCUT2D eigenvalue weighted by Gasteiger charge is 2.17. The van der Waals surface area contributed by atoms with Crippen LogP contribution < -0.4 is 10.5 Å². The smallest absolute Gasteiger partial charge is 0.231 e. The van der Waals surface area contributed by atoms with Gasteiger partial charge in [-0.05, 0) is 54.4 Å². The van der Waals surface area contributed by atoms with Gasteiger partial charge < -0.3 is 15.2 Å². The van der Waals surface area contributed by atoms with Gasteiger partial charge in [0.15, 0.2) is 0 Å². The molecular weight excluding hydrogens is 444 g/mol. The predicted octanol–water partition coefficient (Wildman–Crippen LogP) is 2.87. The second-order valence-electron chi connectivity index (χ2n) is 5.77. The number of rotatable bonds is 5. The summed E-state index contributed by atoms with van der Waals surface area (Å²) in [6, 6.07) is 3.41. The van der Waals surface area contributed by atoms with Gasteiger partial charge in [-0.15, -0.1) is 0 Å². The Morgan fingerprint density at radius 2 is 2.15 bits per heavy atom. The normalized spacial score (nSPS) is 18.0. The van der Waals surface area contributed by atoms with E-state index in [1.54, 1.807) is 39.1 Å². The second kappa shape index (κ2) is 9.09. The van der Waals surface area contributed by atoms with Gasteiger partial charge in [0.05, 0.1) is 27.0 Å². The number of hydrogen-bond donors (Lipinski definition) is 3. The van der Waals surface area contributed by atoms with Gasteiger partial charge in [0.1, 0.15) is 22.9 Å². The molecule has 3 atom stereocenters. The minimum absolute atomic E-state index is 0.298. The Labute approximate surface area is 168 Å². The molecule has 142 valence electrons. The number of ether oxygens (including phenoxy) is 1. The number of amidine groups is 1. The van der Waals surface area contributed by atoms with Gasteiger partial charge in [-0.2, -0.15) is 4.99 Å². The Morgan fingerprint density at radius 1 is 1.46 bits per heavy atom. The van der Waals surface area contributed by atoms with Crippen molar-refractivity contribution in [2.75, 3.05) is 11.9 Å². The van der Waals surface area contributed by atoms with Gasteiger partial charge in [-0.1, -0.05) is 11.6 Å². The van der Waals surface area contributed by atoms with E-state index in [0.717, 1.165) is 0 Å². The van der Waals surface area contributed by atoms with E-state index in [1.807, 2.05) is 0 Å². The number of nitrogens with one attached hydrogen (secondary N) is 1. The average Bonchev–Trinajstić information content (AvgIpc) is 2.68. The second-order valence-corrected chi connectivity index (χ2v) is 8.04. The third-order valence-corrected chi connectivity index (χ3v) is 5.48. The van der Waals surface area contributed by atoms with Crippen molar-refractivity contribution in [1.82, 2.24) is 0 Å². The molecule has 0 aromatic heterocycles. The molecule has 1 aliphatic rings. The van der Waals surface area contributed by atoms with Crippen molar-refractivity contribution in [2.24, 2.45) is 15.1 Å². The van der Waals surface area contributed by atoms with Crippen molar-refractivity contribution in [3.8, 4) is 0 Å². The average molecular weight is 464 g/mol. The molecule has 0 spiro atoms. The molecule has 10 heteroatoms. The summed E-state index contributed by atoms with van der Waals surface area (Å²) >= 11 is 9.55. The molecular formula is C16H20BrClN4O3S. The molecule has 1 aromatic carbocycles. The number of aliphatic hydroxyl groups excluding tert-OH is 1. The molecule has 1 aromatic rings. The Bertz CT molecular complexity index is 788. The van der Waals surface area contributed by atoms with Gasteiger partial charge in [-0.3, -0.25) is 4.99 Å².